The number of rotatable bonds is 3. The van der Waals surface area contributed by atoms with Gasteiger partial charge in [-0.1, -0.05) is 29.3 Å². The number of hydrogen-bond donors (Lipinski definition) is 2. The highest BCUT2D eigenvalue weighted by atomic mass is 35.5. The number of nitrogens with one attached hydrogen (secondary N) is 1. The number of amides is 1. The summed E-state index contributed by atoms with van der Waals surface area (Å²) in [4.78, 5) is 16.6. The molecule has 1 aromatic carbocycles. The molecule has 0 saturated carbocycles. The maximum absolute atomic E-state index is 15.5. The second kappa shape index (κ2) is 6.90. The fourth-order valence-electron chi connectivity index (χ4n) is 3.13. The average Bonchev–Trinajstić information content (AvgIpc) is 2.57. The van der Waals surface area contributed by atoms with Gasteiger partial charge in [-0.3, -0.25) is 9.78 Å². The van der Waals surface area contributed by atoms with E-state index in [0.29, 0.717) is 15.6 Å². The highest BCUT2D eigenvalue weighted by Crippen LogP contribution is 2.42. The van der Waals surface area contributed by atoms with Crippen LogP contribution in [0, 0.1) is 6.92 Å². The molecule has 0 radical (unpaired) electrons. The molecule has 1 heterocycles. The van der Waals surface area contributed by atoms with Crippen LogP contribution in [0.15, 0.2) is 30.5 Å². The summed E-state index contributed by atoms with van der Waals surface area (Å²) in [6.07, 6.45) is 0.643. The summed E-state index contributed by atoms with van der Waals surface area (Å²) < 4.78 is 15.5. The number of carbonyl (C=O) groups is 1. The van der Waals surface area contributed by atoms with Crippen molar-refractivity contribution < 1.29 is 14.3 Å². The Morgan fingerprint density at radius 1 is 1.48 bits per heavy atom. The number of halogens is 3. The number of carbonyl (C=O) groups excluding carboxylic acids is 1. The second-order valence-electron chi connectivity index (χ2n) is 6.16. The number of aryl methyl sites for hydroxylation is 1. The summed E-state index contributed by atoms with van der Waals surface area (Å²) in [5.41, 5.74) is -0.398. The molecule has 2 aromatic rings. The Morgan fingerprint density at radius 3 is 2.96 bits per heavy atom. The lowest BCUT2D eigenvalue weighted by molar-refractivity contribution is -0.135. The fourth-order valence-corrected chi connectivity index (χ4v) is 3.79. The van der Waals surface area contributed by atoms with Gasteiger partial charge in [0.05, 0.1) is 11.8 Å². The topological polar surface area (TPSA) is 62.2 Å². The van der Waals surface area contributed by atoms with Crippen LogP contribution >= 0.6 is 23.2 Å². The molecule has 1 aliphatic carbocycles. The number of hydrogen-bond acceptors (Lipinski definition) is 3. The van der Waals surface area contributed by atoms with Crippen LogP contribution in [0.2, 0.25) is 10.0 Å². The van der Waals surface area contributed by atoms with E-state index >= 15 is 4.39 Å². The standard InChI is InChI=1S/C18H17Cl2FN2O2/c1-10-7-11(19)8-14(20)12(10)9-23-17(25)18(21)5-4-15(24)16-13(18)3-2-6-22-16/h2-3,6-8,15,24H,4-5,9H2,1H3,(H,23,25)/t15-,18+/m1/s1. The van der Waals surface area contributed by atoms with E-state index in [4.69, 9.17) is 23.2 Å². The van der Waals surface area contributed by atoms with Crippen LogP contribution in [0.4, 0.5) is 4.39 Å². The minimum Gasteiger partial charge on any atom is -0.387 e. The maximum Gasteiger partial charge on any atom is 0.262 e. The van der Waals surface area contributed by atoms with Gasteiger partial charge in [-0.15, -0.1) is 0 Å². The fraction of sp³-hybridized carbons (Fsp3) is 0.333. The molecule has 2 N–H and O–H groups in total. The molecule has 0 bridgehead atoms. The summed E-state index contributed by atoms with van der Waals surface area (Å²) in [7, 11) is 0. The number of pyridine rings is 1. The van der Waals surface area contributed by atoms with Crippen LogP contribution in [0.1, 0.15) is 41.3 Å². The summed E-state index contributed by atoms with van der Waals surface area (Å²) in [6.45, 7) is 1.91. The van der Waals surface area contributed by atoms with Crippen molar-refractivity contribution in [2.75, 3.05) is 0 Å². The molecule has 7 heteroatoms. The van der Waals surface area contributed by atoms with Crippen molar-refractivity contribution in [1.29, 1.82) is 0 Å². The van der Waals surface area contributed by atoms with Gasteiger partial charge in [-0.05, 0) is 49.1 Å². The lowest BCUT2D eigenvalue weighted by atomic mass is 9.81. The highest BCUT2D eigenvalue weighted by Gasteiger charge is 2.46. The summed E-state index contributed by atoms with van der Waals surface area (Å²) >= 11 is 12.1. The van der Waals surface area contributed by atoms with Crippen LogP contribution in [0.25, 0.3) is 0 Å². The van der Waals surface area contributed by atoms with E-state index in [2.05, 4.69) is 10.3 Å². The van der Waals surface area contributed by atoms with E-state index in [9.17, 15) is 9.90 Å². The molecule has 0 unspecified atom stereocenters. The summed E-state index contributed by atoms with van der Waals surface area (Å²) in [5.74, 6) is -0.765. The molecule has 2 atom stereocenters. The lowest BCUT2D eigenvalue weighted by Crippen LogP contribution is -2.44. The minimum atomic E-state index is -2.23. The molecule has 1 amide bonds. The van der Waals surface area contributed by atoms with Gasteiger partial charge in [0, 0.05) is 28.4 Å². The van der Waals surface area contributed by atoms with E-state index in [1.807, 2.05) is 6.92 Å². The Hall–Kier alpha value is -1.69. The Bertz CT molecular complexity index is 807. The van der Waals surface area contributed by atoms with Crippen LogP contribution in [0.5, 0.6) is 0 Å². The van der Waals surface area contributed by atoms with E-state index in [-0.39, 0.29) is 30.6 Å². The molecule has 1 aromatic heterocycles. The first-order valence-electron chi connectivity index (χ1n) is 7.88. The molecule has 3 rings (SSSR count). The zero-order chi connectivity index (χ0) is 18.2. The summed E-state index contributed by atoms with van der Waals surface area (Å²) in [5, 5.41) is 13.5. The molecule has 1 aliphatic rings. The van der Waals surface area contributed by atoms with Crippen LogP contribution in [-0.4, -0.2) is 16.0 Å². The first kappa shape index (κ1) is 18.1. The Balaban J connectivity index is 1.84. The van der Waals surface area contributed by atoms with Crippen LogP contribution in [-0.2, 0) is 17.0 Å². The SMILES string of the molecule is Cc1cc(Cl)cc(Cl)c1CNC(=O)[C@]1(F)CC[C@@H](O)c2ncccc21. The van der Waals surface area contributed by atoms with Crippen molar-refractivity contribution in [3.63, 3.8) is 0 Å². The van der Waals surface area contributed by atoms with Gasteiger partial charge in [-0.25, -0.2) is 4.39 Å². The Morgan fingerprint density at radius 2 is 2.24 bits per heavy atom. The van der Waals surface area contributed by atoms with E-state index in [1.54, 1.807) is 18.2 Å². The molecule has 0 fully saturated rings. The number of aromatic nitrogens is 1. The van der Waals surface area contributed by atoms with Gasteiger partial charge < -0.3 is 10.4 Å². The Kier molecular flexibility index (Phi) is 5.00. The van der Waals surface area contributed by atoms with Crippen molar-refractivity contribution in [3.05, 3.63) is 62.9 Å². The third-order valence-electron chi connectivity index (χ3n) is 4.51. The first-order valence-corrected chi connectivity index (χ1v) is 8.63. The predicted octanol–water partition coefficient (Wildman–Crippen LogP) is 4.01. The molecule has 0 saturated heterocycles. The molecular formula is C18H17Cl2FN2O2. The molecule has 0 aliphatic heterocycles. The van der Waals surface area contributed by atoms with Crippen LogP contribution < -0.4 is 5.32 Å². The van der Waals surface area contributed by atoms with Crippen LogP contribution in [0.3, 0.4) is 0 Å². The zero-order valence-electron chi connectivity index (χ0n) is 13.5. The van der Waals surface area contributed by atoms with Gasteiger partial charge in [0.2, 0.25) is 5.67 Å². The van der Waals surface area contributed by atoms with Gasteiger partial charge in [0.1, 0.15) is 0 Å². The van der Waals surface area contributed by atoms with Gasteiger partial charge >= 0.3 is 0 Å². The molecule has 0 spiro atoms. The normalized spacial score (nSPS) is 22.4. The van der Waals surface area contributed by atoms with E-state index in [1.165, 1.54) is 12.3 Å². The second-order valence-corrected chi connectivity index (χ2v) is 7.00. The lowest BCUT2D eigenvalue weighted by Gasteiger charge is -2.32. The number of aliphatic hydroxyl groups excluding tert-OH is 1. The molecule has 25 heavy (non-hydrogen) atoms. The van der Waals surface area contributed by atoms with Crippen molar-refractivity contribution >= 4 is 29.1 Å². The molecular weight excluding hydrogens is 366 g/mol. The first-order chi connectivity index (χ1) is 11.8. The summed E-state index contributed by atoms with van der Waals surface area (Å²) in [6, 6.07) is 6.36. The number of alkyl halides is 1. The monoisotopic (exact) mass is 382 g/mol. The van der Waals surface area contributed by atoms with Gasteiger partial charge in [-0.2, -0.15) is 0 Å². The quantitative estimate of drug-likeness (QED) is 0.842. The van der Waals surface area contributed by atoms with E-state index < -0.39 is 17.7 Å². The van der Waals surface area contributed by atoms with Gasteiger partial charge in [0.25, 0.3) is 5.91 Å². The van der Waals surface area contributed by atoms with Crippen molar-refractivity contribution in [2.45, 2.75) is 38.1 Å². The van der Waals surface area contributed by atoms with Gasteiger partial charge in [0.15, 0.2) is 0 Å². The zero-order valence-corrected chi connectivity index (χ0v) is 15.0. The van der Waals surface area contributed by atoms with Crippen molar-refractivity contribution in [2.24, 2.45) is 0 Å². The minimum absolute atomic E-state index is 0.0878. The third kappa shape index (κ3) is 3.36. The Labute approximate surface area is 155 Å². The number of fused-ring (bicyclic) bond motifs is 1. The molecule has 132 valence electrons. The molecule has 4 nitrogen and oxygen atoms in total. The van der Waals surface area contributed by atoms with Crippen molar-refractivity contribution in [3.8, 4) is 0 Å². The largest absolute Gasteiger partial charge is 0.387 e. The highest BCUT2D eigenvalue weighted by molar-refractivity contribution is 6.35. The number of nitrogens with zero attached hydrogens (tertiary/aromatic N) is 1. The predicted molar refractivity (Wildman–Crippen MR) is 94.3 cm³/mol. The number of aliphatic hydroxyl groups is 1. The van der Waals surface area contributed by atoms with Crippen molar-refractivity contribution in [1.82, 2.24) is 10.3 Å². The number of benzene rings is 1. The van der Waals surface area contributed by atoms with E-state index in [0.717, 1.165) is 5.56 Å². The third-order valence-corrected chi connectivity index (χ3v) is 5.07. The average molecular weight is 383 g/mol. The smallest absolute Gasteiger partial charge is 0.262 e. The maximum atomic E-state index is 15.5.